The highest BCUT2D eigenvalue weighted by atomic mass is 32.1. The molecular formula is C20H28N4O9S. The monoisotopic (exact) mass is 500 g/mol. The second-order valence-electron chi connectivity index (χ2n) is 7.30. The van der Waals surface area contributed by atoms with Gasteiger partial charge in [0.2, 0.25) is 17.7 Å². The molecule has 34 heavy (non-hydrogen) atoms. The average molecular weight is 501 g/mol. The molecule has 14 heteroatoms. The lowest BCUT2D eigenvalue weighted by molar-refractivity contribution is -0.144. The molecule has 0 aliphatic heterocycles. The Hall–Kier alpha value is -3.36. The number of phenolic OH excluding ortho intramolecular Hbond substituents is 1. The van der Waals surface area contributed by atoms with Crippen molar-refractivity contribution in [3.05, 3.63) is 29.8 Å². The van der Waals surface area contributed by atoms with E-state index in [1.807, 2.05) is 5.32 Å². The van der Waals surface area contributed by atoms with Crippen molar-refractivity contribution >= 4 is 42.3 Å². The Kier molecular flexibility index (Phi) is 11.8. The molecular weight excluding hydrogens is 472 g/mol. The third kappa shape index (κ3) is 9.64. The molecule has 0 aliphatic carbocycles. The van der Waals surface area contributed by atoms with Gasteiger partial charge < -0.3 is 42.1 Å². The molecule has 0 heterocycles. The lowest BCUT2D eigenvalue weighted by Crippen LogP contribution is -2.58. The van der Waals surface area contributed by atoms with Gasteiger partial charge in [-0.2, -0.15) is 12.6 Å². The number of hydrogen-bond donors (Lipinski definition) is 9. The maximum atomic E-state index is 13.0. The summed E-state index contributed by atoms with van der Waals surface area (Å²) in [4.78, 5) is 59.8. The quantitative estimate of drug-likeness (QED) is 0.123. The summed E-state index contributed by atoms with van der Waals surface area (Å²) in [6.07, 6.45) is -0.992. The molecule has 1 aromatic rings. The molecule has 0 saturated carbocycles. The molecule has 4 unspecified atom stereocenters. The number of aliphatic hydroxyl groups is 1. The van der Waals surface area contributed by atoms with E-state index in [-0.39, 0.29) is 24.3 Å². The van der Waals surface area contributed by atoms with Gasteiger partial charge in [-0.15, -0.1) is 0 Å². The molecule has 9 N–H and O–H groups in total. The van der Waals surface area contributed by atoms with E-state index in [2.05, 4.69) is 23.3 Å². The lowest BCUT2D eigenvalue weighted by atomic mass is 10.0. The smallest absolute Gasteiger partial charge is 0.328 e. The number of carbonyl (C=O) groups is 5. The number of carboxylic acid groups (broad SMARTS) is 2. The van der Waals surface area contributed by atoms with E-state index in [4.69, 9.17) is 21.1 Å². The van der Waals surface area contributed by atoms with Gasteiger partial charge in [0.05, 0.1) is 12.6 Å². The first kappa shape index (κ1) is 28.7. The zero-order chi connectivity index (χ0) is 25.8. The fourth-order valence-corrected chi connectivity index (χ4v) is 2.87. The molecule has 13 nitrogen and oxygen atoms in total. The predicted molar refractivity (Wildman–Crippen MR) is 121 cm³/mol. The Morgan fingerprint density at radius 3 is 1.91 bits per heavy atom. The van der Waals surface area contributed by atoms with Crippen LogP contribution in [0.3, 0.4) is 0 Å². The number of carboxylic acids is 2. The van der Waals surface area contributed by atoms with Gasteiger partial charge in [-0.25, -0.2) is 4.79 Å². The van der Waals surface area contributed by atoms with Gasteiger partial charge in [0.25, 0.3) is 0 Å². The van der Waals surface area contributed by atoms with Crippen molar-refractivity contribution in [1.29, 1.82) is 0 Å². The van der Waals surface area contributed by atoms with Crippen LogP contribution in [0.25, 0.3) is 0 Å². The predicted octanol–water partition coefficient (Wildman–Crippen LogP) is -2.41. The first-order valence-electron chi connectivity index (χ1n) is 10.1. The van der Waals surface area contributed by atoms with E-state index in [0.717, 1.165) is 0 Å². The van der Waals surface area contributed by atoms with Crippen molar-refractivity contribution in [2.24, 2.45) is 5.73 Å². The summed E-state index contributed by atoms with van der Waals surface area (Å²) in [5.41, 5.74) is 6.18. The summed E-state index contributed by atoms with van der Waals surface area (Å²) in [7, 11) is 0. The van der Waals surface area contributed by atoms with Crippen LogP contribution in [0.5, 0.6) is 5.75 Å². The Morgan fingerprint density at radius 1 is 0.882 bits per heavy atom. The molecule has 0 fully saturated rings. The van der Waals surface area contributed by atoms with Gasteiger partial charge in [-0.1, -0.05) is 12.1 Å². The summed E-state index contributed by atoms with van der Waals surface area (Å²) < 4.78 is 0. The number of phenols is 1. The number of thiol groups is 1. The molecule has 188 valence electrons. The summed E-state index contributed by atoms with van der Waals surface area (Å²) in [5.74, 6) is -5.43. The number of rotatable bonds is 14. The minimum absolute atomic E-state index is 0.0131. The Labute approximate surface area is 200 Å². The van der Waals surface area contributed by atoms with Gasteiger partial charge in [-0.3, -0.25) is 19.2 Å². The van der Waals surface area contributed by atoms with Gasteiger partial charge >= 0.3 is 11.9 Å². The minimum atomic E-state index is -1.67. The number of nitrogens with one attached hydrogen (secondary N) is 3. The van der Waals surface area contributed by atoms with Crippen LogP contribution in [0, 0.1) is 0 Å². The van der Waals surface area contributed by atoms with Crippen LogP contribution in [0.4, 0.5) is 0 Å². The van der Waals surface area contributed by atoms with E-state index in [1.165, 1.54) is 24.3 Å². The third-order valence-corrected chi connectivity index (χ3v) is 5.01. The van der Waals surface area contributed by atoms with Crippen LogP contribution in [-0.4, -0.2) is 86.6 Å². The minimum Gasteiger partial charge on any atom is -0.508 e. The fourth-order valence-electron chi connectivity index (χ4n) is 2.71. The molecule has 0 aromatic heterocycles. The highest BCUT2D eigenvalue weighted by molar-refractivity contribution is 7.80. The molecule has 0 bridgehead atoms. The van der Waals surface area contributed by atoms with Gasteiger partial charge in [0.1, 0.15) is 23.9 Å². The van der Waals surface area contributed by atoms with E-state index in [0.29, 0.717) is 5.56 Å². The highest BCUT2D eigenvalue weighted by Gasteiger charge is 2.30. The van der Waals surface area contributed by atoms with E-state index in [1.54, 1.807) is 0 Å². The second-order valence-corrected chi connectivity index (χ2v) is 7.66. The molecule has 4 atom stereocenters. The largest absolute Gasteiger partial charge is 0.508 e. The molecule has 0 spiro atoms. The summed E-state index contributed by atoms with van der Waals surface area (Å²) in [6, 6.07) is 0.320. The number of benzene rings is 1. The number of carbonyl (C=O) groups excluding carboxylic acids is 3. The summed E-state index contributed by atoms with van der Waals surface area (Å²) >= 11 is 3.94. The van der Waals surface area contributed by atoms with Crippen LogP contribution in [0.15, 0.2) is 24.3 Å². The first-order valence-corrected chi connectivity index (χ1v) is 10.7. The van der Waals surface area contributed by atoms with Crippen molar-refractivity contribution < 1.29 is 44.4 Å². The van der Waals surface area contributed by atoms with Crippen LogP contribution in [-0.2, 0) is 30.4 Å². The first-order chi connectivity index (χ1) is 16.0. The van der Waals surface area contributed by atoms with Crippen molar-refractivity contribution in [2.45, 2.75) is 43.4 Å². The number of amides is 3. The number of nitrogens with two attached hydrogens (primary N) is 1. The van der Waals surface area contributed by atoms with Crippen molar-refractivity contribution in [3.8, 4) is 5.75 Å². The number of aliphatic hydroxyl groups excluding tert-OH is 1. The molecule has 0 radical (unpaired) electrons. The van der Waals surface area contributed by atoms with Crippen molar-refractivity contribution in [3.63, 3.8) is 0 Å². The maximum Gasteiger partial charge on any atom is 0.328 e. The number of aliphatic carboxylic acids is 2. The topological polar surface area (TPSA) is 228 Å². The zero-order valence-corrected chi connectivity index (χ0v) is 18.9. The van der Waals surface area contributed by atoms with Crippen LogP contribution >= 0.6 is 12.6 Å². The average Bonchev–Trinajstić information content (AvgIpc) is 2.79. The van der Waals surface area contributed by atoms with Crippen molar-refractivity contribution in [2.75, 3.05) is 12.4 Å². The fraction of sp³-hybridized carbons (Fsp3) is 0.450. The Morgan fingerprint density at radius 2 is 1.41 bits per heavy atom. The SMILES string of the molecule is NC(CS)C(=O)NC(Cc1ccc(O)cc1)C(=O)NC(CCC(=O)O)C(=O)NC(CO)C(=O)O. The van der Waals surface area contributed by atoms with E-state index >= 15 is 0 Å². The number of hydrogen-bond acceptors (Lipinski definition) is 9. The molecule has 1 aromatic carbocycles. The lowest BCUT2D eigenvalue weighted by Gasteiger charge is -2.24. The normalized spacial score (nSPS) is 14.2. The summed E-state index contributed by atoms with van der Waals surface area (Å²) in [6.45, 7) is -0.929. The molecule has 0 saturated heterocycles. The van der Waals surface area contributed by atoms with Gasteiger partial charge in [0, 0.05) is 18.6 Å². The Bertz CT molecular complexity index is 881. The van der Waals surface area contributed by atoms with Crippen LogP contribution in [0.1, 0.15) is 18.4 Å². The van der Waals surface area contributed by atoms with Crippen LogP contribution in [0.2, 0.25) is 0 Å². The van der Waals surface area contributed by atoms with E-state index in [9.17, 15) is 29.1 Å². The van der Waals surface area contributed by atoms with Gasteiger partial charge in [0.15, 0.2) is 0 Å². The van der Waals surface area contributed by atoms with Crippen molar-refractivity contribution in [1.82, 2.24) is 16.0 Å². The molecule has 3 amide bonds. The van der Waals surface area contributed by atoms with E-state index < -0.39 is 66.9 Å². The summed E-state index contributed by atoms with van der Waals surface area (Å²) in [5, 5.41) is 43.3. The molecule has 1 rings (SSSR count). The maximum absolute atomic E-state index is 13.0. The molecule has 0 aliphatic rings. The van der Waals surface area contributed by atoms with Crippen LogP contribution < -0.4 is 21.7 Å². The standard InChI is InChI=1S/C20H28N4O9S/c21-12(9-34)17(29)23-14(7-10-1-3-11(26)4-2-10)19(31)22-13(5-6-16(27)28)18(30)24-15(8-25)20(32)33/h1-4,12-15,25-26,34H,5-9,21H2,(H,22,31)(H,23,29)(H,24,30)(H,27,28)(H,32,33). The number of aromatic hydroxyl groups is 1. The Balaban J connectivity index is 3.10. The third-order valence-electron chi connectivity index (χ3n) is 4.62. The zero-order valence-electron chi connectivity index (χ0n) is 18.0. The highest BCUT2D eigenvalue weighted by Crippen LogP contribution is 2.12. The second kappa shape index (κ2) is 14.0. The van der Waals surface area contributed by atoms with Gasteiger partial charge in [-0.05, 0) is 24.1 Å².